The van der Waals surface area contributed by atoms with Crippen LogP contribution in [-0.2, 0) is 30.4 Å². The summed E-state index contributed by atoms with van der Waals surface area (Å²) < 4.78 is 1.92. The summed E-state index contributed by atoms with van der Waals surface area (Å²) in [5, 5.41) is 12.4. The van der Waals surface area contributed by atoms with E-state index in [0.717, 1.165) is 41.9 Å². The maximum absolute atomic E-state index is 12.9. The molecule has 7 nitrogen and oxygen atoms in total. The molecule has 2 amide bonds. The summed E-state index contributed by atoms with van der Waals surface area (Å²) in [6, 6.07) is 8.38. The Morgan fingerprint density at radius 3 is 2.67 bits per heavy atom. The van der Waals surface area contributed by atoms with E-state index in [2.05, 4.69) is 46.7 Å². The smallest absolute Gasteiger partial charge is 0.251 e. The van der Waals surface area contributed by atoms with Crippen molar-refractivity contribution in [3.05, 3.63) is 51.7 Å². The van der Waals surface area contributed by atoms with Crippen molar-refractivity contribution in [2.24, 2.45) is 12.8 Å². The Morgan fingerprint density at radius 2 is 1.94 bits per heavy atom. The molecule has 2 heterocycles. The van der Waals surface area contributed by atoms with E-state index in [4.69, 9.17) is 5.73 Å². The predicted molar refractivity (Wildman–Crippen MR) is 135 cm³/mol. The number of carbonyl (C=O) groups excluding carboxylic acids is 2. The molecule has 4 rings (SSSR count). The van der Waals surface area contributed by atoms with Crippen LogP contribution in [0.4, 0.5) is 5.00 Å². The zero-order valence-corrected chi connectivity index (χ0v) is 21.3. The third kappa shape index (κ3) is 5.44. The number of fused-ring (bicyclic) bond motifs is 1. The molecule has 0 radical (unpaired) electrons. The topological polar surface area (TPSA) is 103 Å². The van der Waals surface area contributed by atoms with E-state index in [1.165, 1.54) is 33.6 Å². The van der Waals surface area contributed by atoms with Crippen molar-refractivity contribution >= 4 is 51.7 Å². The summed E-state index contributed by atoms with van der Waals surface area (Å²) in [5.41, 5.74) is 8.37. The Balaban J connectivity index is 1.40. The minimum atomic E-state index is -0.478. The van der Waals surface area contributed by atoms with Crippen LogP contribution in [0.3, 0.4) is 0 Å². The number of amides is 2. The van der Waals surface area contributed by atoms with Gasteiger partial charge in [-0.2, -0.15) is 0 Å². The van der Waals surface area contributed by atoms with Crippen LogP contribution in [0, 0.1) is 6.92 Å². The number of rotatable bonds is 8. The number of thioether (sulfide) groups is 2. The van der Waals surface area contributed by atoms with Gasteiger partial charge in [0.2, 0.25) is 5.91 Å². The van der Waals surface area contributed by atoms with Gasteiger partial charge in [0, 0.05) is 16.8 Å². The van der Waals surface area contributed by atoms with E-state index < -0.39 is 11.2 Å². The van der Waals surface area contributed by atoms with Gasteiger partial charge in [0.15, 0.2) is 5.16 Å². The molecule has 1 aromatic carbocycles. The average Bonchev–Trinajstić information content (AvgIpc) is 3.33. The maximum atomic E-state index is 12.9. The largest absolute Gasteiger partial charge is 0.365 e. The lowest BCUT2D eigenvalue weighted by atomic mass is 9.95. The number of aromatic nitrogens is 3. The molecule has 0 fully saturated rings. The summed E-state index contributed by atoms with van der Waals surface area (Å²) in [7, 11) is 1.91. The summed E-state index contributed by atoms with van der Waals surface area (Å²) >= 11 is 4.52. The number of hydrogen-bond acceptors (Lipinski definition) is 7. The van der Waals surface area contributed by atoms with Gasteiger partial charge in [-0.15, -0.1) is 33.3 Å². The lowest BCUT2D eigenvalue weighted by molar-refractivity contribution is -0.115. The summed E-state index contributed by atoms with van der Waals surface area (Å²) in [5.74, 6) is 0.877. The third-order valence-electron chi connectivity index (χ3n) is 5.62. The Bertz CT molecular complexity index is 1170. The molecule has 3 N–H and O–H groups in total. The first-order valence-corrected chi connectivity index (χ1v) is 13.5. The minimum absolute atomic E-state index is 0.181. The molecule has 1 atom stereocenters. The van der Waals surface area contributed by atoms with Gasteiger partial charge < -0.3 is 15.6 Å². The molecule has 0 saturated carbocycles. The molecule has 1 aliphatic rings. The monoisotopic (exact) mass is 501 g/mol. The summed E-state index contributed by atoms with van der Waals surface area (Å²) in [4.78, 5) is 27.3. The molecule has 0 bridgehead atoms. The third-order valence-corrected chi connectivity index (χ3v) is 8.97. The first-order chi connectivity index (χ1) is 15.8. The second-order valence-electron chi connectivity index (χ2n) is 8.09. The molecule has 33 heavy (non-hydrogen) atoms. The number of nitrogens with two attached hydrogens (primary N) is 1. The van der Waals surface area contributed by atoms with Crippen molar-refractivity contribution in [1.29, 1.82) is 0 Å². The molecule has 1 aliphatic carbocycles. The van der Waals surface area contributed by atoms with Gasteiger partial charge in [-0.3, -0.25) is 9.59 Å². The average molecular weight is 502 g/mol. The fourth-order valence-electron chi connectivity index (χ4n) is 3.70. The SMILES string of the molecule is Cc1ccc(SCc2nnc(SC(C)C(=O)Nc3sc4c(c3C(N)=O)CCCC4)n2C)cc1. The number of nitrogens with one attached hydrogen (secondary N) is 1. The van der Waals surface area contributed by atoms with Crippen molar-refractivity contribution < 1.29 is 9.59 Å². The number of nitrogens with zero attached hydrogens (tertiary/aromatic N) is 3. The Labute approximate surface area is 205 Å². The van der Waals surface area contributed by atoms with Gasteiger partial charge in [0.25, 0.3) is 5.91 Å². The molecule has 1 unspecified atom stereocenters. The van der Waals surface area contributed by atoms with Crippen LogP contribution in [0.1, 0.15) is 52.0 Å². The van der Waals surface area contributed by atoms with E-state index >= 15 is 0 Å². The van der Waals surface area contributed by atoms with E-state index in [9.17, 15) is 9.59 Å². The number of aryl methyl sites for hydroxylation is 2. The van der Waals surface area contributed by atoms with Gasteiger partial charge >= 0.3 is 0 Å². The quantitative estimate of drug-likeness (QED) is 0.438. The van der Waals surface area contributed by atoms with Crippen LogP contribution in [0.15, 0.2) is 34.3 Å². The molecule has 0 saturated heterocycles. The summed E-state index contributed by atoms with van der Waals surface area (Å²) in [6.07, 6.45) is 3.91. The fraction of sp³-hybridized carbons (Fsp3) is 0.391. The predicted octanol–water partition coefficient (Wildman–Crippen LogP) is 4.57. The molecular formula is C23H27N5O2S3. The first kappa shape index (κ1) is 23.8. The lowest BCUT2D eigenvalue weighted by Gasteiger charge is -2.12. The standard InChI is InChI=1S/C23H27N5O2S3/c1-13-8-10-15(11-9-13)31-12-18-26-27-23(28(18)3)32-14(2)21(30)25-22-19(20(24)29)16-6-4-5-7-17(16)33-22/h8-11,14H,4-7,12H2,1-3H3,(H2,24,29)(H,25,30). The first-order valence-electron chi connectivity index (χ1n) is 10.8. The Morgan fingerprint density at radius 1 is 1.21 bits per heavy atom. The molecular weight excluding hydrogens is 474 g/mol. The second kappa shape index (κ2) is 10.3. The van der Waals surface area contributed by atoms with Crippen molar-refractivity contribution in [3.8, 4) is 0 Å². The maximum Gasteiger partial charge on any atom is 0.251 e. The Hall–Kier alpha value is -2.30. The molecule has 0 aliphatic heterocycles. The van der Waals surface area contributed by atoms with E-state index in [-0.39, 0.29) is 5.91 Å². The number of carbonyl (C=O) groups is 2. The van der Waals surface area contributed by atoms with Crippen LogP contribution in [0.25, 0.3) is 0 Å². The van der Waals surface area contributed by atoms with Crippen LogP contribution in [0.5, 0.6) is 0 Å². The number of hydrogen-bond donors (Lipinski definition) is 2. The Kier molecular flexibility index (Phi) is 7.45. The minimum Gasteiger partial charge on any atom is -0.365 e. The van der Waals surface area contributed by atoms with Crippen LogP contribution in [-0.4, -0.2) is 31.8 Å². The van der Waals surface area contributed by atoms with Crippen LogP contribution < -0.4 is 11.1 Å². The molecule has 3 aromatic rings. The lowest BCUT2D eigenvalue weighted by Crippen LogP contribution is -2.24. The van der Waals surface area contributed by atoms with Gasteiger partial charge in [0.05, 0.1) is 16.6 Å². The van der Waals surface area contributed by atoms with Gasteiger partial charge in [0.1, 0.15) is 10.8 Å². The van der Waals surface area contributed by atoms with E-state index in [1.54, 1.807) is 11.8 Å². The van der Waals surface area contributed by atoms with Crippen molar-refractivity contribution in [1.82, 2.24) is 14.8 Å². The van der Waals surface area contributed by atoms with E-state index in [0.29, 0.717) is 21.5 Å². The molecule has 174 valence electrons. The number of benzene rings is 1. The molecule has 10 heteroatoms. The van der Waals surface area contributed by atoms with E-state index in [1.807, 2.05) is 18.5 Å². The number of thiophene rings is 1. The highest BCUT2D eigenvalue weighted by Crippen LogP contribution is 2.38. The van der Waals surface area contributed by atoms with Gasteiger partial charge in [-0.1, -0.05) is 29.5 Å². The van der Waals surface area contributed by atoms with Crippen LogP contribution in [0.2, 0.25) is 0 Å². The second-order valence-corrected chi connectivity index (χ2v) is 11.6. The highest BCUT2D eigenvalue weighted by atomic mass is 32.2. The van der Waals surface area contributed by atoms with Crippen molar-refractivity contribution in [2.75, 3.05) is 5.32 Å². The number of primary amides is 1. The fourth-order valence-corrected chi connectivity index (χ4v) is 6.70. The highest BCUT2D eigenvalue weighted by molar-refractivity contribution is 8.00. The molecule has 0 spiro atoms. The normalized spacial score (nSPS) is 14.0. The van der Waals surface area contributed by atoms with Crippen molar-refractivity contribution in [3.63, 3.8) is 0 Å². The number of anilines is 1. The van der Waals surface area contributed by atoms with Crippen LogP contribution >= 0.6 is 34.9 Å². The van der Waals surface area contributed by atoms with Crippen molar-refractivity contribution in [2.45, 2.75) is 60.6 Å². The summed E-state index contributed by atoms with van der Waals surface area (Å²) in [6.45, 7) is 3.90. The zero-order valence-electron chi connectivity index (χ0n) is 18.9. The molecule has 2 aromatic heterocycles. The zero-order chi connectivity index (χ0) is 23.5. The van der Waals surface area contributed by atoms with Gasteiger partial charge in [-0.25, -0.2) is 0 Å². The highest BCUT2D eigenvalue weighted by Gasteiger charge is 2.27. The van der Waals surface area contributed by atoms with Gasteiger partial charge in [-0.05, 0) is 57.2 Å².